The number of hydrazone groups is 1. The molecule has 2 aromatic carbocycles. The Labute approximate surface area is 144 Å². The summed E-state index contributed by atoms with van der Waals surface area (Å²) in [6.45, 7) is 0. The second-order valence-electron chi connectivity index (χ2n) is 5.18. The molecule has 0 spiro atoms. The number of hydrogen-bond acceptors (Lipinski definition) is 4. The molecule has 8 nitrogen and oxygen atoms in total. The van der Waals surface area contributed by atoms with Gasteiger partial charge in [-0.2, -0.15) is 5.10 Å². The molecule has 6 N–H and O–H groups in total. The number of rotatable bonds is 7. The molecule has 0 bridgehead atoms. The Morgan fingerprint density at radius 3 is 2.36 bits per heavy atom. The first-order chi connectivity index (χ1) is 12.1. The number of aryl methyl sites for hydroxylation is 1. The molecule has 0 unspecified atom stereocenters. The highest BCUT2D eigenvalue weighted by atomic mass is 16.4. The molecule has 0 aromatic heterocycles. The number of carboxylic acid groups (broad SMARTS) is 1. The van der Waals surface area contributed by atoms with Crippen LogP contribution in [0.4, 0.5) is 21.9 Å². The Balaban J connectivity index is 1.96. The van der Waals surface area contributed by atoms with Crippen LogP contribution in [0.25, 0.3) is 0 Å². The maximum Gasteiger partial charge on any atom is 0.323 e. The molecule has 2 rings (SSSR count). The fourth-order valence-electron chi connectivity index (χ4n) is 2.15. The van der Waals surface area contributed by atoms with Crippen molar-refractivity contribution in [2.45, 2.75) is 12.8 Å². The van der Waals surface area contributed by atoms with E-state index in [1.807, 2.05) is 6.07 Å². The van der Waals surface area contributed by atoms with Crippen LogP contribution in [0.15, 0.2) is 53.6 Å². The summed E-state index contributed by atoms with van der Waals surface area (Å²) in [5.41, 5.74) is 2.75. The summed E-state index contributed by atoms with van der Waals surface area (Å²) in [7, 11) is 0. The molecule has 2 aromatic rings. The lowest BCUT2D eigenvalue weighted by Crippen LogP contribution is -2.19. The molecular weight excluding hydrogens is 322 g/mol. The lowest BCUT2D eigenvalue weighted by Gasteiger charge is -2.10. The summed E-state index contributed by atoms with van der Waals surface area (Å²) in [5.74, 6) is 4.17. The van der Waals surface area contributed by atoms with Crippen LogP contribution in [0.2, 0.25) is 0 Å². The topological polar surface area (TPSA) is 129 Å². The van der Waals surface area contributed by atoms with Crippen molar-refractivity contribution >= 4 is 35.4 Å². The number of carbonyl (C=O) groups is 2. The lowest BCUT2D eigenvalue weighted by molar-refractivity contribution is -0.136. The molecular formula is C17H19N5O3. The third kappa shape index (κ3) is 6.22. The first-order valence-corrected chi connectivity index (χ1v) is 7.54. The Bertz CT molecular complexity index is 776. The maximum absolute atomic E-state index is 12.1. The smallest absolute Gasteiger partial charge is 0.323 e. The molecule has 0 atom stereocenters. The number of carbonyl (C=O) groups excluding carboxylic acids is 1. The van der Waals surface area contributed by atoms with Gasteiger partial charge in [0.2, 0.25) is 0 Å². The third-order valence-corrected chi connectivity index (χ3v) is 3.24. The number of aliphatic carboxylic acids is 1. The summed E-state index contributed by atoms with van der Waals surface area (Å²) in [6.07, 6.45) is 1.78. The van der Waals surface area contributed by atoms with Crippen molar-refractivity contribution < 1.29 is 14.7 Å². The van der Waals surface area contributed by atoms with Crippen LogP contribution < -0.4 is 21.8 Å². The van der Waals surface area contributed by atoms with Crippen molar-refractivity contribution in [3.8, 4) is 0 Å². The molecule has 0 aliphatic carbocycles. The van der Waals surface area contributed by atoms with Gasteiger partial charge in [0.05, 0.1) is 0 Å². The van der Waals surface area contributed by atoms with E-state index in [4.69, 9.17) is 10.9 Å². The summed E-state index contributed by atoms with van der Waals surface area (Å²) in [4.78, 5) is 22.7. The van der Waals surface area contributed by atoms with Gasteiger partial charge in [-0.05, 0) is 42.3 Å². The van der Waals surface area contributed by atoms with Crippen molar-refractivity contribution in [2.24, 2.45) is 10.9 Å². The van der Waals surface area contributed by atoms with Crippen molar-refractivity contribution in [3.05, 3.63) is 54.1 Å². The highest BCUT2D eigenvalue weighted by Crippen LogP contribution is 2.16. The molecule has 2 amide bonds. The van der Waals surface area contributed by atoms with E-state index < -0.39 is 12.0 Å². The van der Waals surface area contributed by atoms with Gasteiger partial charge in [-0.25, -0.2) is 4.79 Å². The molecule has 25 heavy (non-hydrogen) atoms. The van der Waals surface area contributed by atoms with Gasteiger partial charge in [0, 0.05) is 23.5 Å². The minimum absolute atomic E-state index is 0.0432. The van der Waals surface area contributed by atoms with Gasteiger partial charge in [-0.3, -0.25) is 4.79 Å². The summed E-state index contributed by atoms with van der Waals surface area (Å²) >= 11 is 0. The van der Waals surface area contributed by atoms with Crippen LogP contribution in [-0.4, -0.2) is 23.4 Å². The Morgan fingerprint density at radius 1 is 1.04 bits per heavy atom. The maximum atomic E-state index is 12.1. The molecule has 0 radical (unpaired) electrons. The predicted octanol–water partition coefficient (Wildman–Crippen LogP) is 2.66. The van der Waals surface area contributed by atoms with Crippen molar-refractivity contribution in [1.82, 2.24) is 0 Å². The third-order valence-electron chi connectivity index (χ3n) is 3.24. The van der Waals surface area contributed by atoms with Crippen molar-refractivity contribution in [1.29, 1.82) is 0 Å². The standard InChI is InChI=1S/C17H19N5O3/c18-20-11-19-13-4-2-6-15(10-13)22-17(25)21-14-5-1-3-12(9-14)7-8-16(23)24/h1-6,9-11H,7-8,18H2,(H,19,20)(H,23,24)(H2,21,22,25). The minimum Gasteiger partial charge on any atom is -0.481 e. The van der Waals surface area contributed by atoms with E-state index in [0.29, 0.717) is 17.8 Å². The van der Waals surface area contributed by atoms with E-state index in [0.717, 1.165) is 11.3 Å². The van der Waals surface area contributed by atoms with Crippen LogP contribution in [0, 0.1) is 0 Å². The Hall–Kier alpha value is -3.55. The zero-order chi connectivity index (χ0) is 18.1. The van der Waals surface area contributed by atoms with Gasteiger partial charge in [-0.1, -0.05) is 18.2 Å². The summed E-state index contributed by atoms with van der Waals surface area (Å²) in [5, 5.41) is 20.4. The van der Waals surface area contributed by atoms with Gasteiger partial charge >= 0.3 is 12.0 Å². The number of benzene rings is 2. The zero-order valence-corrected chi connectivity index (χ0v) is 13.4. The van der Waals surface area contributed by atoms with Crippen LogP contribution in [0.5, 0.6) is 0 Å². The average Bonchev–Trinajstić information content (AvgIpc) is 2.58. The summed E-state index contributed by atoms with van der Waals surface area (Å²) in [6, 6.07) is 13.7. The molecule has 0 saturated heterocycles. The molecule has 0 aliphatic heterocycles. The number of amides is 2. The normalized spacial score (nSPS) is 10.4. The number of carboxylic acids is 1. The molecule has 0 aliphatic rings. The Morgan fingerprint density at radius 2 is 1.68 bits per heavy atom. The summed E-state index contributed by atoms with van der Waals surface area (Å²) < 4.78 is 0. The largest absolute Gasteiger partial charge is 0.481 e. The van der Waals surface area contributed by atoms with E-state index in [-0.39, 0.29) is 6.42 Å². The van der Waals surface area contributed by atoms with E-state index in [1.54, 1.807) is 42.5 Å². The predicted molar refractivity (Wildman–Crippen MR) is 97.8 cm³/mol. The fraction of sp³-hybridized carbons (Fsp3) is 0.118. The quantitative estimate of drug-likeness (QED) is 0.229. The van der Waals surface area contributed by atoms with E-state index >= 15 is 0 Å². The van der Waals surface area contributed by atoms with E-state index in [1.165, 1.54) is 6.34 Å². The number of nitrogens with zero attached hydrogens (tertiary/aromatic N) is 1. The number of nitrogens with one attached hydrogen (secondary N) is 3. The monoisotopic (exact) mass is 341 g/mol. The van der Waals surface area contributed by atoms with Gasteiger partial charge < -0.3 is 26.9 Å². The van der Waals surface area contributed by atoms with Gasteiger partial charge in [0.25, 0.3) is 0 Å². The highest BCUT2D eigenvalue weighted by molar-refractivity contribution is 6.00. The van der Waals surface area contributed by atoms with Crippen molar-refractivity contribution in [3.63, 3.8) is 0 Å². The van der Waals surface area contributed by atoms with Gasteiger partial charge in [-0.15, -0.1) is 0 Å². The second kappa shape index (κ2) is 8.92. The SMILES string of the molecule is NN=CNc1cccc(NC(=O)Nc2cccc(CCC(=O)O)c2)c1. The Kier molecular flexibility index (Phi) is 6.35. The second-order valence-corrected chi connectivity index (χ2v) is 5.18. The average molecular weight is 341 g/mol. The van der Waals surface area contributed by atoms with E-state index in [9.17, 15) is 9.59 Å². The first-order valence-electron chi connectivity index (χ1n) is 7.54. The zero-order valence-electron chi connectivity index (χ0n) is 13.4. The van der Waals surface area contributed by atoms with Crippen LogP contribution >= 0.6 is 0 Å². The lowest BCUT2D eigenvalue weighted by atomic mass is 10.1. The number of urea groups is 1. The number of anilines is 3. The molecule has 8 heteroatoms. The van der Waals surface area contributed by atoms with E-state index in [2.05, 4.69) is 21.1 Å². The molecule has 0 saturated carbocycles. The van der Waals surface area contributed by atoms with Gasteiger partial charge in [0.15, 0.2) is 0 Å². The number of hydrogen-bond donors (Lipinski definition) is 5. The van der Waals surface area contributed by atoms with Crippen LogP contribution in [0.3, 0.4) is 0 Å². The number of nitrogens with two attached hydrogens (primary N) is 1. The first kappa shape index (κ1) is 17.8. The van der Waals surface area contributed by atoms with Crippen LogP contribution in [-0.2, 0) is 11.2 Å². The molecule has 130 valence electrons. The highest BCUT2D eigenvalue weighted by Gasteiger charge is 2.05. The molecule has 0 heterocycles. The minimum atomic E-state index is -0.857. The van der Waals surface area contributed by atoms with Crippen LogP contribution in [0.1, 0.15) is 12.0 Å². The molecule has 0 fully saturated rings. The van der Waals surface area contributed by atoms with Gasteiger partial charge in [0.1, 0.15) is 6.34 Å². The fourth-order valence-corrected chi connectivity index (χ4v) is 2.15. The van der Waals surface area contributed by atoms with Crippen molar-refractivity contribution in [2.75, 3.05) is 16.0 Å².